The van der Waals surface area contributed by atoms with E-state index in [0.29, 0.717) is 23.5 Å². The van der Waals surface area contributed by atoms with E-state index in [4.69, 9.17) is 0 Å². The second-order valence-electron chi connectivity index (χ2n) is 11.6. The molecule has 0 bridgehead atoms. The molecule has 4 aliphatic carbocycles. The molecule has 0 amide bonds. The van der Waals surface area contributed by atoms with Crippen molar-refractivity contribution < 1.29 is 4.79 Å². The maximum atomic E-state index is 12.0. The van der Waals surface area contributed by atoms with Crippen LogP contribution in [-0.2, 0) is 4.79 Å². The molecule has 0 N–H and O–H groups in total. The number of carbonyl (C=O) groups is 1. The normalized spacial score (nSPS) is 41.1. The molecule has 1 nitrogen and oxygen atoms in total. The summed E-state index contributed by atoms with van der Waals surface area (Å²) < 4.78 is 0. The lowest BCUT2D eigenvalue weighted by molar-refractivity contribution is -0.120. The molecule has 0 unspecified atom stereocenters. The van der Waals surface area contributed by atoms with Crippen LogP contribution in [0.2, 0.25) is 0 Å². The van der Waals surface area contributed by atoms with Gasteiger partial charge in [0.05, 0.1) is 0 Å². The van der Waals surface area contributed by atoms with Crippen molar-refractivity contribution in [3.63, 3.8) is 0 Å². The molecular formula is C27H42O. The standard InChI is InChI=1S/C27H42O/c1-18(2)7-6-8-19(3)23-11-12-24-22-10-9-20-17-21(28)13-15-26(20,4)25(22)14-16-27(23,24)5/h9-10,18-19,23-25H,6-8,11-17H2,1-5H3/t19-,23-,24+,25+,26+,27-/m1/s1. The minimum absolute atomic E-state index is 0.264. The zero-order valence-electron chi connectivity index (χ0n) is 19.0. The van der Waals surface area contributed by atoms with Crippen LogP contribution in [-0.4, -0.2) is 5.78 Å². The largest absolute Gasteiger partial charge is 0.299 e. The van der Waals surface area contributed by atoms with Crippen LogP contribution in [0.4, 0.5) is 0 Å². The molecule has 0 aromatic rings. The van der Waals surface area contributed by atoms with Gasteiger partial charge in [0.25, 0.3) is 0 Å². The first-order valence-electron chi connectivity index (χ1n) is 12.2. The van der Waals surface area contributed by atoms with Crippen LogP contribution in [0.25, 0.3) is 0 Å². The van der Waals surface area contributed by atoms with Crippen molar-refractivity contribution in [1.82, 2.24) is 0 Å². The number of carbonyl (C=O) groups excluding carboxylic acids is 1. The molecule has 0 aromatic carbocycles. The minimum Gasteiger partial charge on any atom is -0.299 e. The molecule has 1 heteroatoms. The number of hydrogen-bond acceptors (Lipinski definition) is 1. The second kappa shape index (κ2) is 7.44. The summed E-state index contributed by atoms with van der Waals surface area (Å²) in [6.07, 6.45) is 17.2. The lowest BCUT2D eigenvalue weighted by Gasteiger charge is -2.54. The number of fused-ring (bicyclic) bond motifs is 5. The van der Waals surface area contributed by atoms with Crippen molar-refractivity contribution in [2.24, 2.45) is 40.4 Å². The van der Waals surface area contributed by atoms with E-state index >= 15 is 0 Å². The molecule has 6 atom stereocenters. The third-order valence-electron chi connectivity index (χ3n) is 9.60. The first-order chi connectivity index (χ1) is 13.3. The van der Waals surface area contributed by atoms with Crippen LogP contribution in [0.5, 0.6) is 0 Å². The van der Waals surface area contributed by atoms with Crippen molar-refractivity contribution in [1.29, 1.82) is 0 Å². The fourth-order valence-electron chi connectivity index (χ4n) is 7.84. The Bertz CT molecular complexity index is 682. The summed E-state index contributed by atoms with van der Waals surface area (Å²) in [4.78, 5) is 12.0. The van der Waals surface area contributed by atoms with Crippen molar-refractivity contribution in [3.05, 3.63) is 23.3 Å². The molecule has 0 aromatic heterocycles. The summed E-state index contributed by atoms with van der Waals surface area (Å²) in [6, 6.07) is 0. The van der Waals surface area contributed by atoms with Gasteiger partial charge in [-0.3, -0.25) is 4.79 Å². The van der Waals surface area contributed by atoms with E-state index in [9.17, 15) is 4.79 Å². The highest BCUT2D eigenvalue weighted by Gasteiger charge is 2.56. The van der Waals surface area contributed by atoms with Crippen LogP contribution in [0.3, 0.4) is 0 Å². The first kappa shape index (κ1) is 20.4. The Kier molecular flexibility index (Phi) is 5.43. The van der Waals surface area contributed by atoms with Gasteiger partial charge in [0.1, 0.15) is 5.78 Å². The predicted molar refractivity (Wildman–Crippen MR) is 118 cm³/mol. The van der Waals surface area contributed by atoms with E-state index in [0.717, 1.165) is 36.5 Å². The number of hydrogen-bond donors (Lipinski definition) is 0. The second-order valence-corrected chi connectivity index (χ2v) is 11.6. The number of rotatable bonds is 5. The van der Waals surface area contributed by atoms with Crippen LogP contribution in [0.15, 0.2) is 23.3 Å². The Hall–Kier alpha value is -0.850. The van der Waals surface area contributed by atoms with E-state index in [1.54, 1.807) is 5.57 Å². The molecule has 3 fully saturated rings. The van der Waals surface area contributed by atoms with Crippen LogP contribution in [0, 0.1) is 40.4 Å². The van der Waals surface area contributed by atoms with Gasteiger partial charge in [0.2, 0.25) is 0 Å². The zero-order valence-corrected chi connectivity index (χ0v) is 19.0. The number of ketones is 1. The average molecular weight is 383 g/mol. The lowest BCUT2D eigenvalue weighted by atomic mass is 9.50. The van der Waals surface area contributed by atoms with Gasteiger partial charge in [-0.1, -0.05) is 77.2 Å². The highest BCUT2D eigenvalue weighted by atomic mass is 16.1. The van der Waals surface area contributed by atoms with E-state index in [2.05, 4.69) is 46.8 Å². The molecule has 0 aliphatic heterocycles. The molecule has 156 valence electrons. The Morgan fingerprint density at radius 2 is 1.79 bits per heavy atom. The van der Waals surface area contributed by atoms with Gasteiger partial charge in [0, 0.05) is 12.8 Å². The first-order valence-corrected chi connectivity index (χ1v) is 12.2. The fourth-order valence-corrected chi connectivity index (χ4v) is 7.84. The van der Waals surface area contributed by atoms with Gasteiger partial charge < -0.3 is 0 Å². The Balaban J connectivity index is 1.54. The number of allylic oxidation sites excluding steroid dienone is 4. The van der Waals surface area contributed by atoms with Gasteiger partial charge in [-0.2, -0.15) is 0 Å². The van der Waals surface area contributed by atoms with Crippen LogP contribution in [0.1, 0.15) is 98.8 Å². The molecule has 0 spiro atoms. The highest BCUT2D eigenvalue weighted by molar-refractivity contribution is 5.83. The Morgan fingerprint density at radius 3 is 2.54 bits per heavy atom. The predicted octanol–water partition coefficient (Wildman–Crippen LogP) is 7.52. The van der Waals surface area contributed by atoms with Gasteiger partial charge >= 0.3 is 0 Å². The molecule has 0 saturated heterocycles. The molecular weight excluding hydrogens is 340 g/mol. The number of Topliss-reactive ketones (excluding diaryl/α,β-unsaturated/α-hetero) is 1. The summed E-state index contributed by atoms with van der Waals surface area (Å²) in [5.41, 5.74) is 3.98. The smallest absolute Gasteiger partial charge is 0.136 e. The molecule has 3 saturated carbocycles. The lowest BCUT2D eigenvalue weighted by Crippen LogP contribution is -2.46. The third-order valence-corrected chi connectivity index (χ3v) is 9.60. The molecule has 4 aliphatic rings. The van der Waals surface area contributed by atoms with E-state index in [-0.39, 0.29) is 5.41 Å². The third kappa shape index (κ3) is 3.25. The quantitative estimate of drug-likeness (QED) is 0.480. The van der Waals surface area contributed by atoms with E-state index in [1.165, 1.54) is 50.5 Å². The van der Waals surface area contributed by atoms with Crippen molar-refractivity contribution >= 4 is 5.78 Å². The average Bonchev–Trinajstić information content (AvgIpc) is 2.99. The maximum Gasteiger partial charge on any atom is 0.136 e. The highest BCUT2D eigenvalue weighted by Crippen LogP contribution is 2.65. The molecule has 0 heterocycles. The van der Waals surface area contributed by atoms with Gasteiger partial charge in [-0.15, -0.1) is 0 Å². The minimum atomic E-state index is 0.264. The summed E-state index contributed by atoms with van der Waals surface area (Å²) >= 11 is 0. The summed E-state index contributed by atoms with van der Waals surface area (Å²) in [5, 5.41) is 0. The molecule has 4 rings (SSSR count). The summed E-state index contributed by atoms with van der Waals surface area (Å²) in [7, 11) is 0. The monoisotopic (exact) mass is 382 g/mol. The fraction of sp³-hybridized carbons (Fsp3) is 0.815. The Morgan fingerprint density at radius 1 is 1.00 bits per heavy atom. The Labute approximate surface area is 173 Å². The topological polar surface area (TPSA) is 17.1 Å². The van der Waals surface area contributed by atoms with Crippen molar-refractivity contribution in [3.8, 4) is 0 Å². The van der Waals surface area contributed by atoms with Gasteiger partial charge in [-0.25, -0.2) is 0 Å². The summed E-state index contributed by atoms with van der Waals surface area (Å²) in [5.74, 6) is 4.55. The maximum absolute atomic E-state index is 12.0. The zero-order chi connectivity index (χ0) is 20.1. The van der Waals surface area contributed by atoms with Gasteiger partial charge in [-0.05, 0) is 72.5 Å². The molecule has 28 heavy (non-hydrogen) atoms. The molecule has 0 radical (unpaired) electrons. The summed E-state index contributed by atoms with van der Waals surface area (Å²) in [6.45, 7) is 12.4. The van der Waals surface area contributed by atoms with Crippen molar-refractivity contribution in [2.45, 2.75) is 98.8 Å². The van der Waals surface area contributed by atoms with E-state index in [1.807, 2.05) is 0 Å². The van der Waals surface area contributed by atoms with Crippen molar-refractivity contribution in [2.75, 3.05) is 0 Å². The van der Waals surface area contributed by atoms with E-state index < -0.39 is 0 Å². The van der Waals surface area contributed by atoms with Gasteiger partial charge in [0.15, 0.2) is 0 Å². The SMILES string of the molecule is CC(C)CCC[C@@H](C)[C@H]1CC[C@H]2C3=CC=C4CC(=O)CC[C@]4(C)[C@H]3CC[C@]12C. The van der Waals surface area contributed by atoms with Crippen LogP contribution < -0.4 is 0 Å². The van der Waals surface area contributed by atoms with Crippen LogP contribution >= 0.6 is 0 Å².